The summed E-state index contributed by atoms with van der Waals surface area (Å²) in [6, 6.07) is 5.23. The van der Waals surface area contributed by atoms with Crippen LogP contribution < -0.4 is 15.4 Å². The third-order valence-electron chi connectivity index (χ3n) is 4.70. The van der Waals surface area contributed by atoms with Crippen molar-refractivity contribution in [3.05, 3.63) is 29.3 Å². The lowest BCUT2D eigenvalue weighted by atomic mass is 9.99. The Bertz CT molecular complexity index is 669. The minimum Gasteiger partial charge on any atom is -0.484 e. The van der Waals surface area contributed by atoms with Crippen molar-refractivity contribution in [1.82, 2.24) is 10.6 Å². The van der Waals surface area contributed by atoms with E-state index in [1.54, 1.807) is 19.2 Å². The summed E-state index contributed by atoms with van der Waals surface area (Å²) < 4.78 is 48.1. The molecular formula is C19H29F3IN3O2S. The highest BCUT2D eigenvalue weighted by Gasteiger charge is 2.32. The summed E-state index contributed by atoms with van der Waals surface area (Å²) >= 11 is 1.82. The van der Waals surface area contributed by atoms with Crippen molar-refractivity contribution >= 4 is 41.7 Å². The molecule has 0 radical (unpaired) electrons. The van der Waals surface area contributed by atoms with Crippen LogP contribution in [0, 0.1) is 6.92 Å². The number of nitrogens with one attached hydrogen (secondary N) is 2. The van der Waals surface area contributed by atoms with Crippen LogP contribution in [-0.4, -0.2) is 56.6 Å². The first-order valence-corrected chi connectivity index (χ1v) is 10.4. The van der Waals surface area contributed by atoms with Gasteiger partial charge in [-0.05, 0) is 37.7 Å². The molecule has 0 saturated carbocycles. The van der Waals surface area contributed by atoms with Crippen LogP contribution in [0.5, 0.6) is 5.75 Å². The zero-order valence-corrected chi connectivity index (χ0v) is 20.0. The Labute approximate surface area is 191 Å². The minimum atomic E-state index is -4.37. The molecular weight excluding hydrogens is 518 g/mol. The van der Waals surface area contributed by atoms with Crippen molar-refractivity contribution in [3.63, 3.8) is 0 Å². The van der Waals surface area contributed by atoms with Crippen LogP contribution in [0.15, 0.2) is 23.2 Å². The Morgan fingerprint density at radius 2 is 1.97 bits per heavy atom. The molecule has 1 aliphatic rings. The number of hydrogen-bond acceptors (Lipinski definition) is 4. The molecule has 2 rings (SSSR count). The van der Waals surface area contributed by atoms with Crippen LogP contribution in [-0.2, 0) is 11.3 Å². The molecule has 0 aliphatic carbocycles. The standard InChI is InChI=1S/C19H28F3N3O2S.HI/c1-14-4-5-15(16(10-14)27-13-19(20,21)22)11-24-17(23-2)25-12-18(28-3)6-8-26-9-7-18;/h4-5,10H,6-9,11-13H2,1-3H3,(H2,23,24,25);1H. The predicted molar refractivity (Wildman–Crippen MR) is 123 cm³/mol. The highest BCUT2D eigenvalue weighted by molar-refractivity contribution is 14.0. The fourth-order valence-electron chi connectivity index (χ4n) is 2.94. The van der Waals surface area contributed by atoms with Gasteiger partial charge >= 0.3 is 6.18 Å². The van der Waals surface area contributed by atoms with Crippen molar-refractivity contribution in [2.24, 2.45) is 4.99 Å². The predicted octanol–water partition coefficient (Wildman–Crippen LogP) is 4.13. The Hall–Kier alpha value is -0.880. The first-order valence-electron chi connectivity index (χ1n) is 9.13. The Morgan fingerprint density at radius 3 is 2.55 bits per heavy atom. The number of nitrogens with zero attached hydrogens (tertiary/aromatic N) is 1. The average Bonchev–Trinajstić information content (AvgIpc) is 2.67. The second-order valence-corrected chi connectivity index (χ2v) is 8.07. The first-order chi connectivity index (χ1) is 13.3. The lowest BCUT2D eigenvalue weighted by molar-refractivity contribution is -0.153. The van der Waals surface area contributed by atoms with E-state index >= 15 is 0 Å². The van der Waals surface area contributed by atoms with E-state index in [0.717, 1.165) is 38.2 Å². The molecule has 1 aromatic carbocycles. The van der Waals surface area contributed by atoms with Crippen LogP contribution in [0.3, 0.4) is 0 Å². The molecule has 1 aromatic rings. The van der Waals surface area contributed by atoms with Gasteiger partial charge in [-0.25, -0.2) is 0 Å². The van der Waals surface area contributed by atoms with Crippen LogP contribution in [0.4, 0.5) is 13.2 Å². The van der Waals surface area contributed by atoms with Gasteiger partial charge in [0.25, 0.3) is 0 Å². The first kappa shape index (κ1) is 26.2. The number of ether oxygens (including phenoxy) is 2. The Morgan fingerprint density at radius 1 is 1.28 bits per heavy atom. The van der Waals surface area contributed by atoms with Gasteiger partial charge in [0, 0.05) is 43.7 Å². The molecule has 1 heterocycles. The maximum atomic E-state index is 12.5. The average molecular weight is 547 g/mol. The second-order valence-electron chi connectivity index (χ2n) is 6.79. The van der Waals surface area contributed by atoms with E-state index in [2.05, 4.69) is 21.9 Å². The third kappa shape index (κ3) is 8.79. The monoisotopic (exact) mass is 547 g/mol. The normalized spacial score (nSPS) is 16.7. The zero-order chi connectivity index (χ0) is 20.6. The zero-order valence-electron chi connectivity index (χ0n) is 16.9. The van der Waals surface area contributed by atoms with E-state index in [-0.39, 0.29) is 34.5 Å². The summed E-state index contributed by atoms with van der Waals surface area (Å²) in [6.07, 6.45) is -0.348. The van der Waals surface area contributed by atoms with Gasteiger partial charge in [0.2, 0.25) is 0 Å². The smallest absolute Gasteiger partial charge is 0.422 e. The number of rotatable bonds is 7. The van der Waals surface area contributed by atoms with Gasteiger partial charge in [0.05, 0.1) is 0 Å². The molecule has 5 nitrogen and oxygen atoms in total. The molecule has 10 heteroatoms. The summed E-state index contributed by atoms with van der Waals surface area (Å²) in [6.45, 7) is 3.04. The molecule has 0 spiro atoms. The van der Waals surface area contributed by atoms with Crippen molar-refractivity contribution < 1.29 is 22.6 Å². The van der Waals surface area contributed by atoms with Gasteiger partial charge in [-0.2, -0.15) is 24.9 Å². The molecule has 0 unspecified atom stereocenters. The number of thioether (sulfide) groups is 1. The fourth-order valence-corrected chi connectivity index (χ4v) is 3.73. The molecule has 0 atom stereocenters. The van der Waals surface area contributed by atoms with E-state index in [0.29, 0.717) is 18.1 Å². The molecule has 1 fully saturated rings. The second kappa shape index (κ2) is 12.1. The molecule has 0 bridgehead atoms. The van der Waals surface area contributed by atoms with Crippen LogP contribution in [0.1, 0.15) is 24.0 Å². The maximum Gasteiger partial charge on any atom is 0.422 e. The van der Waals surface area contributed by atoms with Gasteiger partial charge in [-0.15, -0.1) is 24.0 Å². The van der Waals surface area contributed by atoms with Crippen molar-refractivity contribution in [2.45, 2.75) is 37.2 Å². The molecule has 166 valence electrons. The lowest BCUT2D eigenvalue weighted by Crippen LogP contribution is -2.47. The number of guanidine groups is 1. The van der Waals surface area contributed by atoms with Crippen LogP contribution >= 0.6 is 35.7 Å². The van der Waals surface area contributed by atoms with Gasteiger partial charge in [0.15, 0.2) is 12.6 Å². The molecule has 2 N–H and O–H groups in total. The molecule has 29 heavy (non-hydrogen) atoms. The number of alkyl halides is 3. The Kier molecular flexibility index (Phi) is 10.9. The lowest BCUT2D eigenvalue weighted by Gasteiger charge is -2.36. The molecule has 0 aromatic heterocycles. The van der Waals surface area contributed by atoms with E-state index in [1.165, 1.54) is 0 Å². The van der Waals surface area contributed by atoms with Gasteiger partial charge in [-0.3, -0.25) is 4.99 Å². The summed E-state index contributed by atoms with van der Waals surface area (Å²) in [5.74, 6) is 0.826. The van der Waals surface area contributed by atoms with E-state index in [9.17, 15) is 13.2 Å². The maximum absolute atomic E-state index is 12.5. The number of aryl methyl sites for hydroxylation is 1. The third-order valence-corrected chi connectivity index (χ3v) is 6.12. The fraction of sp³-hybridized carbons (Fsp3) is 0.632. The number of hydrogen-bond donors (Lipinski definition) is 2. The highest BCUT2D eigenvalue weighted by Crippen LogP contribution is 2.33. The van der Waals surface area contributed by atoms with E-state index in [4.69, 9.17) is 9.47 Å². The Balaban J connectivity index is 0.00000420. The van der Waals surface area contributed by atoms with Crippen molar-refractivity contribution in [2.75, 3.05) is 39.7 Å². The molecule has 1 saturated heterocycles. The summed E-state index contributed by atoms with van der Waals surface area (Å²) in [7, 11) is 1.67. The van der Waals surface area contributed by atoms with Crippen molar-refractivity contribution in [1.29, 1.82) is 0 Å². The summed E-state index contributed by atoms with van der Waals surface area (Å²) in [5, 5.41) is 6.49. The number of aliphatic imine (C=N–C) groups is 1. The summed E-state index contributed by atoms with van der Waals surface area (Å²) in [4.78, 5) is 4.22. The largest absolute Gasteiger partial charge is 0.484 e. The van der Waals surface area contributed by atoms with E-state index < -0.39 is 12.8 Å². The number of benzene rings is 1. The quantitative estimate of drug-likeness (QED) is 0.306. The highest BCUT2D eigenvalue weighted by atomic mass is 127. The van der Waals surface area contributed by atoms with Crippen molar-refractivity contribution in [3.8, 4) is 5.75 Å². The topological polar surface area (TPSA) is 54.9 Å². The van der Waals surface area contributed by atoms with Crippen LogP contribution in [0.2, 0.25) is 0 Å². The molecule has 0 amide bonds. The minimum absolute atomic E-state index is 0. The number of halogens is 4. The van der Waals surface area contributed by atoms with E-state index in [1.807, 2.05) is 24.8 Å². The molecule has 1 aliphatic heterocycles. The van der Waals surface area contributed by atoms with Crippen LogP contribution in [0.25, 0.3) is 0 Å². The SMILES string of the molecule is CN=C(NCc1ccc(C)cc1OCC(F)(F)F)NCC1(SC)CCOCC1.I. The van der Waals surface area contributed by atoms with Gasteiger partial charge in [-0.1, -0.05) is 12.1 Å². The van der Waals surface area contributed by atoms with Gasteiger partial charge < -0.3 is 20.1 Å². The van der Waals surface area contributed by atoms with Gasteiger partial charge in [0.1, 0.15) is 5.75 Å². The summed E-state index contributed by atoms with van der Waals surface area (Å²) in [5.41, 5.74) is 1.48.